The predicted octanol–water partition coefficient (Wildman–Crippen LogP) is 5.98. The summed E-state index contributed by atoms with van der Waals surface area (Å²) in [6.45, 7) is 9.63. The van der Waals surface area contributed by atoms with Gasteiger partial charge < -0.3 is 4.74 Å². The SMILES string of the molecule is CCCC[C@@H](CC(=O)OC(C)(C)C)N(Cc1ccccc1)Cc1ccccc1. The van der Waals surface area contributed by atoms with Crippen LogP contribution in [0.4, 0.5) is 0 Å². The van der Waals surface area contributed by atoms with Gasteiger partial charge in [0.1, 0.15) is 5.60 Å². The molecule has 0 saturated carbocycles. The number of unbranched alkanes of at least 4 members (excludes halogenated alkanes) is 1. The topological polar surface area (TPSA) is 29.5 Å². The van der Waals surface area contributed by atoms with Gasteiger partial charge in [0.15, 0.2) is 0 Å². The Kier molecular flexibility index (Phi) is 8.72. The Hall–Kier alpha value is -2.13. The van der Waals surface area contributed by atoms with E-state index in [1.165, 1.54) is 11.1 Å². The maximum Gasteiger partial charge on any atom is 0.307 e. The predicted molar refractivity (Wildman–Crippen MR) is 116 cm³/mol. The van der Waals surface area contributed by atoms with Crippen LogP contribution in [0, 0.1) is 0 Å². The van der Waals surface area contributed by atoms with Crippen molar-refractivity contribution in [2.75, 3.05) is 0 Å². The highest BCUT2D eigenvalue weighted by molar-refractivity contribution is 5.70. The van der Waals surface area contributed by atoms with E-state index in [1.54, 1.807) is 0 Å². The Morgan fingerprint density at radius 2 is 1.43 bits per heavy atom. The second kappa shape index (κ2) is 11.0. The van der Waals surface area contributed by atoms with Crippen molar-refractivity contribution in [2.45, 2.75) is 78.1 Å². The molecule has 3 nitrogen and oxygen atoms in total. The van der Waals surface area contributed by atoms with Crippen LogP contribution in [-0.2, 0) is 22.6 Å². The minimum atomic E-state index is -0.448. The standard InChI is InChI=1S/C25H35NO2/c1-5-6-17-23(18-24(27)28-25(2,3)4)26(19-21-13-9-7-10-14-21)20-22-15-11-8-12-16-22/h7-16,23H,5-6,17-20H2,1-4H3/t23-/m0/s1. The van der Waals surface area contributed by atoms with Gasteiger partial charge in [-0.3, -0.25) is 9.69 Å². The molecular weight excluding hydrogens is 346 g/mol. The molecule has 0 aliphatic rings. The van der Waals surface area contributed by atoms with Gasteiger partial charge in [-0.2, -0.15) is 0 Å². The number of hydrogen-bond acceptors (Lipinski definition) is 3. The van der Waals surface area contributed by atoms with Gasteiger partial charge in [0.2, 0.25) is 0 Å². The molecule has 0 saturated heterocycles. The van der Waals surface area contributed by atoms with Crippen LogP contribution in [0.2, 0.25) is 0 Å². The molecule has 0 aliphatic heterocycles. The second-order valence-corrected chi connectivity index (χ2v) is 8.46. The number of carbonyl (C=O) groups is 1. The van der Waals surface area contributed by atoms with Crippen LogP contribution < -0.4 is 0 Å². The van der Waals surface area contributed by atoms with Crippen molar-refractivity contribution in [3.8, 4) is 0 Å². The lowest BCUT2D eigenvalue weighted by Gasteiger charge is -2.32. The van der Waals surface area contributed by atoms with E-state index in [2.05, 4.69) is 60.4 Å². The zero-order valence-electron chi connectivity index (χ0n) is 17.9. The highest BCUT2D eigenvalue weighted by Crippen LogP contribution is 2.21. The van der Waals surface area contributed by atoms with Crippen molar-refractivity contribution >= 4 is 5.97 Å². The summed E-state index contributed by atoms with van der Waals surface area (Å²) in [6, 6.07) is 21.2. The molecule has 28 heavy (non-hydrogen) atoms. The van der Waals surface area contributed by atoms with E-state index in [9.17, 15) is 4.79 Å². The first-order valence-electron chi connectivity index (χ1n) is 10.4. The molecule has 0 spiro atoms. The third kappa shape index (κ3) is 8.26. The smallest absolute Gasteiger partial charge is 0.307 e. The molecule has 0 fully saturated rings. The lowest BCUT2D eigenvalue weighted by atomic mass is 10.0. The van der Waals surface area contributed by atoms with E-state index in [4.69, 9.17) is 4.74 Å². The summed E-state index contributed by atoms with van der Waals surface area (Å²) >= 11 is 0. The number of carbonyl (C=O) groups excluding carboxylic acids is 1. The Bertz CT molecular complexity index is 650. The van der Waals surface area contributed by atoms with Gasteiger partial charge in [-0.05, 0) is 38.3 Å². The van der Waals surface area contributed by atoms with E-state index in [0.717, 1.165) is 32.4 Å². The summed E-state index contributed by atoms with van der Waals surface area (Å²) in [5.41, 5.74) is 2.09. The van der Waals surface area contributed by atoms with E-state index in [0.29, 0.717) is 6.42 Å². The maximum absolute atomic E-state index is 12.6. The first-order valence-corrected chi connectivity index (χ1v) is 10.4. The molecule has 3 heteroatoms. The van der Waals surface area contributed by atoms with E-state index in [1.807, 2.05) is 32.9 Å². The molecule has 0 aromatic heterocycles. The van der Waals surface area contributed by atoms with Crippen LogP contribution in [-0.4, -0.2) is 22.5 Å². The number of ether oxygens (including phenoxy) is 1. The molecule has 2 aromatic carbocycles. The van der Waals surface area contributed by atoms with Gasteiger partial charge in [-0.25, -0.2) is 0 Å². The van der Waals surface area contributed by atoms with Crippen LogP contribution in [0.5, 0.6) is 0 Å². The number of esters is 1. The van der Waals surface area contributed by atoms with Crippen molar-refractivity contribution < 1.29 is 9.53 Å². The van der Waals surface area contributed by atoms with E-state index >= 15 is 0 Å². The fourth-order valence-corrected chi connectivity index (χ4v) is 3.38. The Labute approximate surface area is 170 Å². The van der Waals surface area contributed by atoms with Crippen LogP contribution >= 0.6 is 0 Å². The first kappa shape index (κ1) is 22.2. The molecule has 2 rings (SSSR count). The molecule has 0 amide bonds. The average Bonchev–Trinajstić information content (AvgIpc) is 2.65. The minimum Gasteiger partial charge on any atom is -0.460 e. The van der Waals surface area contributed by atoms with Crippen molar-refractivity contribution in [2.24, 2.45) is 0 Å². The van der Waals surface area contributed by atoms with E-state index in [-0.39, 0.29) is 12.0 Å². The molecule has 0 N–H and O–H groups in total. The van der Waals surface area contributed by atoms with Crippen molar-refractivity contribution in [1.82, 2.24) is 4.90 Å². The highest BCUT2D eigenvalue weighted by Gasteiger charge is 2.25. The summed E-state index contributed by atoms with van der Waals surface area (Å²) < 4.78 is 5.63. The highest BCUT2D eigenvalue weighted by atomic mass is 16.6. The van der Waals surface area contributed by atoms with Gasteiger partial charge in [0.05, 0.1) is 6.42 Å². The fraction of sp³-hybridized carbons (Fsp3) is 0.480. The number of rotatable bonds is 10. The largest absolute Gasteiger partial charge is 0.460 e. The number of nitrogens with zero attached hydrogens (tertiary/aromatic N) is 1. The molecule has 0 aliphatic carbocycles. The summed E-state index contributed by atoms with van der Waals surface area (Å²) in [5.74, 6) is -0.111. The van der Waals surface area contributed by atoms with Crippen molar-refractivity contribution in [3.05, 3.63) is 71.8 Å². The van der Waals surface area contributed by atoms with Gasteiger partial charge in [-0.15, -0.1) is 0 Å². The molecule has 2 aromatic rings. The molecule has 0 radical (unpaired) electrons. The van der Waals surface area contributed by atoms with Gasteiger partial charge in [0, 0.05) is 19.1 Å². The zero-order valence-corrected chi connectivity index (χ0v) is 17.9. The third-order valence-corrected chi connectivity index (χ3v) is 4.69. The van der Waals surface area contributed by atoms with Gasteiger partial charge in [-0.1, -0.05) is 80.4 Å². The molecule has 1 atom stereocenters. The lowest BCUT2D eigenvalue weighted by molar-refractivity contribution is -0.156. The quantitative estimate of drug-likeness (QED) is 0.474. The Morgan fingerprint density at radius 1 is 0.929 bits per heavy atom. The number of hydrogen-bond donors (Lipinski definition) is 0. The van der Waals surface area contributed by atoms with Crippen LogP contribution in [0.1, 0.15) is 64.5 Å². The van der Waals surface area contributed by atoms with Crippen LogP contribution in [0.25, 0.3) is 0 Å². The molecule has 0 heterocycles. The summed E-state index contributed by atoms with van der Waals surface area (Å²) in [5, 5.41) is 0. The lowest BCUT2D eigenvalue weighted by Crippen LogP contribution is -2.37. The number of benzene rings is 2. The van der Waals surface area contributed by atoms with Gasteiger partial charge >= 0.3 is 5.97 Å². The summed E-state index contributed by atoms with van der Waals surface area (Å²) in [4.78, 5) is 15.0. The Balaban J connectivity index is 2.21. The van der Waals surface area contributed by atoms with Crippen molar-refractivity contribution in [1.29, 1.82) is 0 Å². The van der Waals surface area contributed by atoms with E-state index < -0.39 is 5.60 Å². The van der Waals surface area contributed by atoms with Crippen LogP contribution in [0.3, 0.4) is 0 Å². The van der Waals surface area contributed by atoms with Crippen molar-refractivity contribution in [3.63, 3.8) is 0 Å². The molecular formula is C25H35NO2. The first-order chi connectivity index (χ1) is 13.4. The van der Waals surface area contributed by atoms with Gasteiger partial charge in [0.25, 0.3) is 0 Å². The maximum atomic E-state index is 12.6. The normalized spacial score (nSPS) is 12.8. The molecule has 0 unspecified atom stereocenters. The summed E-state index contributed by atoms with van der Waals surface area (Å²) in [7, 11) is 0. The monoisotopic (exact) mass is 381 g/mol. The molecule has 152 valence electrons. The fourth-order valence-electron chi connectivity index (χ4n) is 3.38. The summed E-state index contributed by atoms with van der Waals surface area (Å²) in [6.07, 6.45) is 3.65. The Morgan fingerprint density at radius 3 is 1.86 bits per heavy atom. The third-order valence-electron chi connectivity index (χ3n) is 4.69. The second-order valence-electron chi connectivity index (χ2n) is 8.46. The zero-order chi connectivity index (χ0) is 20.4. The minimum absolute atomic E-state index is 0.111. The molecule has 0 bridgehead atoms. The average molecular weight is 382 g/mol. The van der Waals surface area contributed by atoms with Crippen LogP contribution in [0.15, 0.2) is 60.7 Å².